The maximum Gasteiger partial charge on any atom is 0.147 e. The highest BCUT2D eigenvalue weighted by Gasteiger charge is 2.22. The van der Waals surface area contributed by atoms with Gasteiger partial charge in [-0.25, -0.2) is 8.42 Å². The van der Waals surface area contributed by atoms with Gasteiger partial charge >= 0.3 is 0 Å². The van der Waals surface area contributed by atoms with Gasteiger partial charge in [0.05, 0.1) is 11.0 Å². The van der Waals surface area contributed by atoms with Crippen LogP contribution in [0.2, 0.25) is 0 Å². The van der Waals surface area contributed by atoms with Gasteiger partial charge in [-0.1, -0.05) is 0 Å². The zero-order valence-electron chi connectivity index (χ0n) is 8.06. The van der Waals surface area contributed by atoms with Gasteiger partial charge in [-0.3, -0.25) is 4.79 Å². The number of carbonyl (C=O) groups is 1. The molecule has 0 saturated carbocycles. The molecule has 0 aromatic carbocycles. The zero-order chi connectivity index (χ0) is 10.6. The maximum atomic E-state index is 11.5. The van der Waals surface area contributed by atoms with E-state index in [1.54, 1.807) is 23.5 Å². The third kappa shape index (κ3) is 4.70. The minimum Gasteiger partial charge on any atom is -0.298 e. The van der Waals surface area contributed by atoms with Crippen molar-refractivity contribution in [1.29, 1.82) is 0 Å². The van der Waals surface area contributed by atoms with Crippen molar-refractivity contribution in [1.82, 2.24) is 0 Å². The molecule has 0 aromatic rings. The van der Waals surface area contributed by atoms with Crippen LogP contribution in [-0.4, -0.2) is 48.7 Å². The first kappa shape index (κ1) is 12.4. The smallest absolute Gasteiger partial charge is 0.147 e. The number of thioether (sulfide) groups is 2. The first-order chi connectivity index (χ1) is 6.49. The fourth-order valence-corrected chi connectivity index (χ4v) is 4.38. The molecule has 6 heteroatoms. The van der Waals surface area contributed by atoms with Gasteiger partial charge in [-0.15, -0.1) is 11.8 Å². The van der Waals surface area contributed by atoms with Crippen LogP contribution < -0.4 is 0 Å². The largest absolute Gasteiger partial charge is 0.298 e. The van der Waals surface area contributed by atoms with Gasteiger partial charge in [0, 0.05) is 29.9 Å². The number of ketones is 1. The minimum atomic E-state index is -2.99. The van der Waals surface area contributed by atoms with E-state index in [9.17, 15) is 13.2 Å². The number of sulfone groups is 1. The van der Waals surface area contributed by atoms with Crippen LogP contribution in [0.15, 0.2) is 0 Å². The lowest BCUT2D eigenvalue weighted by Gasteiger charge is -2.19. The summed E-state index contributed by atoms with van der Waals surface area (Å²) >= 11 is 3.43. The summed E-state index contributed by atoms with van der Waals surface area (Å²) in [5, 5.41) is 0.0236. The number of hydrogen-bond donors (Lipinski definition) is 0. The van der Waals surface area contributed by atoms with E-state index in [1.807, 2.05) is 0 Å². The molecule has 14 heavy (non-hydrogen) atoms. The van der Waals surface area contributed by atoms with Gasteiger partial charge in [0.1, 0.15) is 15.6 Å². The number of rotatable bonds is 4. The van der Waals surface area contributed by atoms with Gasteiger partial charge < -0.3 is 0 Å². The minimum absolute atomic E-state index is 0.00639. The Hall–Kier alpha value is 0.320. The van der Waals surface area contributed by atoms with Crippen LogP contribution in [0.4, 0.5) is 0 Å². The molecule has 1 heterocycles. The molecular weight excluding hydrogens is 240 g/mol. The summed E-state index contributed by atoms with van der Waals surface area (Å²) in [7, 11) is -2.99. The fourth-order valence-electron chi connectivity index (χ4n) is 1.12. The Morgan fingerprint density at radius 1 is 1.43 bits per heavy atom. The standard InChI is InChI=1S/C8H14O3S3/c1-14(10,11)5-2-7(9)8-6-12-3-4-13-8/h8H,2-6H2,1H3. The van der Waals surface area contributed by atoms with Gasteiger partial charge in [0.25, 0.3) is 0 Å². The molecule has 0 aliphatic carbocycles. The highest BCUT2D eigenvalue weighted by molar-refractivity contribution is 8.07. The molecule has 1 rings (SSSR count). The molecule has 1 fully saturated rings. The Kier molecular flexibility index (Phi) is 4.79. The Bertz CT molecular complexity index is 291. The van der Waals surface area contributed by atoms with Crippen molar-refractivity contribution in [2.24, 2.45) is 0 Å². The van der Waals surface area contributed by atoms with E-state index in [0.29, 0.717) is 0 Å². The average Bonchev–Trinajstić information content (AvgIpc) is 2.14. The molecule has 1 atom stereocenters. The summed E-state index contributed by atoms with van der Waals surface area (Å²) in [5.74, 6) is 3.02. The van der Waals surface area contributed by atoms with Crippen molar-refractivity contribution in [2.45, 2.75) is 11.7 Å². The van der Waals surface area contributed by atoms with Gasteiger partial charge in [0.2, 0.25) is 0 Å². The summed E-state index contributed by atoms with van der Waals surface area (Å²) in [6, 6.07) is 0. The van der Waals surface area contributed by atoms with Crippen molar-refractivity contribution in [3.8, 4) is 0 Å². The molecular formula is C8H14O3S3. The van der Waals surface area contributed by atoms with Gasteiger partial charge in [-0.05, 0) is 0 Å². The first-order valence-corrected chi connectivity index (χ1v) is 8.65. The Morgan fingerprint density at radius 2 is 2.14 bits per heavy atom. The third-order valence-corrected chi connectivity index (χ3v) is 5.64. The van der Waals surface area contributed by atoms with Crippen molar-refractivity contribution in [2.75, 3.05) is 29.3 Å². The second-order valence-electron chi connectivity index (χ2n) is 3.28. The monoisotopic (exact) mass is 254 g/mol. The molecule has 1 saturated heterocycles. The second-order valence-corrected chi connectivity index (χ2v) is 8.00. The topological polar surface area (TPSA) is 51.2 Å². The molecule has 1 aliphatic rings. The summed E-state index contributed by atoms with van der Waals surface area (Å²) in [6.07, 6.45) is 1.35. The number of carbonyl (C=O) groups excluding carboxylic acids is 1. The average molecular weight is 254 g/mol. The Morgan fingerprint density at radius 3 is 2.64 bits per heavy atom. The molecule has 0 amide bonds. The van der Waals surface area contributed by atoms with E-state index in [4.69, 9.17) is 0 Å². The fraction of sp³-hybridized carbons (Fsp3) is 0.875. The summed E-state index contributed by atoms with van der Waals surface area (Å²) in [4.78, 5) is 11.5. The van der Waals surface area contributed by atoms with Crippen LogP contribution in [0, 0.1) is 0 Å². The van der Waals surface area contributed by atoms with Crippen molar-refractivity contribution in [3.05, 3.63) is 0 Å². The molecule has 1 aliphatic heterocycles. The van der Waals surface area contributed by atoms with Crippen LogP contribution >= 0.6 is 23.5 Å². The van der Waals surface area contributed by atoms with E-state index in [-0.39, 0.29) is 23.2 Å². The summed E-state index contributed by atoms with van der Waals surface area (Å²) < 4.78 is 21.7. The molecule has 3 nitrogen and oxygen atoms in total. The van der Waals surface area contributed by atoms with E-state index >= 15 is 0 Å². The third-order valence-electron chi connectivity index (χ3n) is 1.89. The van der Waals surface area contributed by atoms with E-state index in [2.05, 4.69) is 0 Å². The van der Waals surface area contributed by atoms with Crippen LogP contribution in [-0.2, 0) is 14.6 Å². The van der Waals surface area contributed by atoms with Gasteiger partial charge in [-0.2, -0.15) is 11.8 Å². The lowest BCUT2D eigenvalue weighted by atomic mass is 10.2. The lowest BCUT2D eigenvalue weighted by Crippen LogP contribution is -2.25. The normalized spacial score (nSPS) is 23.4. The molecule has 1 unspecified atom stereocenters. The molecule has 0 N–H and O–H groups in total. The van der Waals surface area contributed by atoms with Crippen molar-refractivity contribution in [3.63, 3.8) is 0 Å². The van der Waals surface area contributed by atoms with Crippen LogP contribution in [0.3, 0.4) is 0 Å². The lowest BCUT2D eigenvalue weighted by molar-refractivity contribution is -0.117. The number of hydrogen-bond acceptors (Lipinski definition) is 5. The summed E-state index contributed by atoms with van der Waals surface area (Å²) in [6.45, 7) is 0. The second kappa shape index (κ2) is 5.42. The maximum absolute atomic E-state index is 11.5. The SMILES string of the molecule is CS(=O)(=O)CCC(=O)C1CSCCS1. The van der Waals surface area contributed by atoms with Crippen molar-refractivity contribution < 1.29 is 13.2 Å². The zero-order valence-corrected chi connectivity index (χ0v) is 10.5. The predicted molar refractivity (Wildman–Crippen MR) is 62.9 cm³/mol. The Balaban J connectivity index is 2.34. The van der Waals surface area contributed by atoms with Gasteiger partial charge in [0.15, 0.2) is 0 Å². The highest BCUT2D eigenvalue weighted by Crippen LogP contribution is 2.25. The molecule has 0 bridgehead atoms. The molecule has 0 radical (unpaired) electrons. The van der Waals surface area contributed by atoms with Crippen molar-refractivity contribution >= 4 is 39.1 Å². The molecule has 0 aromatic heterocycles. The first-order valence-electron chi connectivity index (χ1n) is 4.39. The highest BCUT2D eigenvalue weighted by atomic mass is 32.2. The molecule has 82 valence electrons. The number of Topliss-reactive ketones (excluding diaryl/α,β-unsaturated/α-hetero) is 1. The summed E-state index contributed by atoms with van der Waals surface area (Å²) in [5.41, 5.74) is 0. The molecule has 0 spiro atoms. The van der Waals surface area contributed by atoms with E-state index < -0.39 is 9.84 Å². The van der Waals surface area contributed by atoms with Crippen LogP contribution in [0.25, 0.3) is 0 Å². The Labute approximate surface area is 93.3 Å². The van der Waals surface area contributed by atoms with E-state index in [1.165, 1.54) is 6.26 Å². The van der Waals surface area contributed by atoms with Crippen LogP contribution in [0.1, 0.15) is 6.42 Å². The van der Waals surface area contributed by atoms with Crippen LogP contribution in [0.5, 0.6) is 0 Å². The predicted octanol–water partition coefficient (Wildman–Crippen LogP) is 0.839. The quantitative estimate of drug-likeness (QED) is 0.744. The van der Waals surface area contributed by atoms with E-state index in [0.717, 1.165) is 17.3 Å².